The van der Waals surface area contributed by atoms with Gasteiger partial charge in [-0.1, -0.05) is 0 Å². The molecule has 1 aliphatic heterocycles. The van der Waals surface area contributed by atoms with Crippen LogP contribution in [-0.2, 0) is 16.6 Å². The highest BCUT2D eigenvalue weighted by atomic mass is 16.5. The van der Waals surface area contributed by atoms with Crippen molar-refractivity contribution in [1.29, 1.82) is 0 Å². The zero-order valence-corrected chi connectivity index (χ0v) is 22.6. The Kier molecular flexibility index (Phi) is 6.86. The van der Waals surface area contributed by atoms with Gasteiger partial charge in [0.15, 0.2) is 0 Å². The van der Waals surface area contributed by atoms with E-state index >= 15 is 0 Å². The van der Waals surface area contributed by atoms with Crippen LogP contribution in [0.5, 0.6) is 0 Å². The van der Waals surface area contributed by atoms with Crippen molar-refractivity contribution in [3.63, 3.8) is 0 Å². The van der Waals surface area contributed by atoms with Crippen molar-refractivity contribution >= 4 is 23.5 Å². The summed E-state index contributed by atoms with van der Waals surface area (Å²) in [4.78, 5) is 24.1. The van der Waals surface area contributed by atoms with Crippen molar-refractivity contribution in [3.05, 3.63) is 54.7 Å². The van der Waals surface area contributed by atoms with Crippen LogP contribution in [-0.4, -0.2) is 75.9 Å². The van der Waals surface area contributed by atoms with Crippen molar-refractivity contribution < 1.29 is 9.53 Å². The lowest BCUT2D eigenvalue weighted by Crippen LogP contribution is -2.50. The lowest BCUT2D eigenvalue weighted by atomic mass is 9.88. The molecule has 1 saturated carbocycles. The number of fused-ring (bicyclic) bond motifs is 1. The van der Waals surface area contributed by atoms with E-state index in [1.165, 1.54) is 0 Å². The normalized spacial score (nSPS) is 20.0. The standard InChI is InChI=1S/C29H34N8O2/c1-30-13-22-15-33-37-18-21(23-16-32-35(2)17-23)10-26(28(22)37)20-4-5-27(31-14-20)36-8-6-19(7-9-36)29(38)34-24-11-25(12-24)39-3/h4-5,10,13-19,24-25H,6-9,11-12H2,1-3H3,(H,34,38). The smallest absolute Gasteiger partial charge is 0.223 e. The Balaban J connectivity index is 1.19. The molecule has 4 aromatic rings. The van der Waals surface area contributed by atoms with E-state index in [1.807, 2.05) is 48.8 Å². The Morgan fingerprint density at radius 2 is 1.90 bits per heavy atom. The van der Waals surface area contributed by atoms with Crippen molar-refractivity contribution in [2.45, 2.75) is 37.8 Å². The molecule has 0 unspecified atom stereocenters. The molecule has 2 aliphatic rings. The van der Waals surface area contributed by atoms with E-state index in [9.17, 15) is 4.79 Å². The molecular weight excluding hydrogens is 492 g/mol. The van der Waals surface area contributed by atoms with Gasteiger partial charge >= 0.3 is 0 Å². The zero-order valence-electron chi connectivity index (χ0n) is 22.6. The zero-order chi connectivity index (χ0) is 26.9. The van der Waals surface area contributed by atoms with E-state index in [1.54, 1.807) is 18.8 Å². The molecule has 0 aromatic carbocycles. The molecule has 0 bridgehead atoms. The van der Waals surface area contributed by atoms with Gasteiger partial charge in [-0.15, -0.1) is 0 Å². The molecule has 10 heteroatoms. The molecule has 10 nitrogen and oxygen atoms in total. The maximum absolute atomic E-state index is 12.7. The van der Waals surface area contributed by atoms with Gasteiger partial charge in [-0.25, -0.2) is 9.50 Å². The third-order valence-corrected chi connectivity index (χ3v) is 7.97. The lowest BCUT2D eigenvalue weighted by Gasteiger charge is -2.37. The number of anilines is 1. The number of carbonyl (C=O) groups excluding carboxylic acids is 1. The predicted octanol–water partition coefficient (Wildman–Crippen LogP) is 3.36. The molecular formula is C29H34N8O2. The molecule has 1 saturated heterocycles. The highest BCUT2D eigenvalue weighted by Gasteiger charge is 2.33. The van der Waals surface area contributed by atoms with E-state index in [2.05, 4.69) is 43.6 Å². The highest BCUT2D eigenvalue weighted by Crippen LogP contribution is 2.33. The molecule has 2 fully saturated rings. The average Bonchev–Trinajstić information content (AvgIpc) is 3.56. The molecule has 1 aliphatic carbocycles. The molecule has 5 heterocycles. The quantitative estimate of drug-likeness (QED) is 0.371. The minimum absolute atomic E-state index is 0.0612. The minimum Gasteiger partial charge on any atom is -0.381 e. The first kappa shape index (κ1) is 25.2. The van der Waals surface area contributed by atoms with Crippen molar-refractivity contribution in [2.24, 2.45) is 18.0 Å². The van der Waals surface area contributed by atoms with E-state index < -0.39 is 0 Å². The Labute approximate surface area is 227 Å². The molecule has 0 spiro atoms. The number of hydrogen-bond acceptors (Lipinski definition) is 7. The summed E-state index contributed by atoms with van der Waals surface area (Å²) in [6.07, 6.45) is 15.3. The van der Waals surface area contributed by atoms with E-state index in [-0.39, 0.29) is 17.9 Å². The Bertz CT molecular complexity index is 1490. The maximum atomic E-state index is 12.7. The van der Waals surface area contributed by atoms with E-state index in [4.69, 9.17) is 9.72 Å². The summed E-state index contributed by atoms with van der Waals surface area (Å²) in [7, 11) is 5.41. The van der Waals surface area contributed by atoms with Gasteiger partial charge in [-0.05, 0) is 43.9 Å². The number of pyridine rings is 2. The predicted molar refractivity (Wildman–Crippen MR) is 151 cm³/mol. The second-order valence-corrected chi connectivity index (χ2v) is 10.5. The minimum atomic E-state index is 0.0612. The van der Waals surface area contributed by atoms with Crippen LogP contribution in [0.15, 0.2) is 54.2 Å². The van der Waals surface area contributed by atoms with Gasteiger partial charge in [0.1, 0.15) is 5.82 Å². The number of carbonyl (C=O) groups is 1. The van der Waals surface area contributed by atoms with Crippen molar-refractivity contribution in [2.75, 3.05) is 32.1 Å². The number of hydrogen-bond donors (Lipinski definition) is 1. The SMILES string of the molecule is CN=Cc1cnn2cc(-c3cnn(C)c3)cc(-c3ccc(N4CCC(C(=O)NC5CC(OC)C5)CC4)nc3)c12. The summed E-state index contributed by atoms with van der Waals surface area (Å²) in [5.41, 5.74) is 6.02. The summed E-state index contributed by atoms with van der Waals surface area (Å²) in [5.74, 6) is 1.18. The fraction of sp³-hybridized carbons (Fsp3) is 0.414. The monoisotopic (exact) mass is 526 g/mol. The molecule has 202 valence electrons. The second kappa shape index (κ2) is 10.6. The summed E-state index contributed by atoms with van der Waals surface area (Å²) in [6, 6.07) is 6.62. The first-order valence-corrected chi connectivity index (χ1v) is 13.5. The van der Waals surface area contributed by atoms with Crippen molar-refractivity contribution in [3.8, 4) is 22.3 Å². The van der Waals surface area contributed by atoms with Crippen LogP contribution in [0.1, 0.15) is 31.2 Å². The van der Waals surface area contributed by atoms with Gasteiger partial charge in [-0.2, -0.15) is 10.2 Å². The molecule has 4 aromatic heterocycles. The Morgan fingerprint density at radius 1 is 1.08 bits per heavy atom. The molecule has 6 rings (SSSR count). The number of methoxy groups -OCH3 is 1. The number of aryl methyl sites for hydroxylation is 1. The highest BCUT2D eigenvalue weighted by molar-refractivity contribution is 5.97. The van der Waals surface area contributed by atoms with Crippen LogP contribution in [0, 0.1) is 5.92 Å². The third-order valence-electron chi connectivity index (χ3n) is 7.97. The summed E-state index contributed by atoms with van der Waals surface area (Å²) >= 11 is 0. The fourth-order valence-electron chi connectivity index (χ4n) is 5.63. The van der Waals surface area contributed by atoms with Gasteiger partial charge < -0.3 is 15.0 Å². The topological polar surface area (TPSA) is 102 Å². The van der Waals surface area contributed by atoms with Gasteiger partial charge in [0.2, 0.25) is 5.91 Å². The number of nitrogens with one attached hydrogen (secondary N) is 1. The lowest BCUT2D eigenvalue weighted by molar-refractivity contribution is -0.128. The summed E-state index contributed by atoms with van der Waals surface area (Å²) in [5, 5.41) is 12.1. The third kappa shape index (κ3) is 5.04. The van der Waals surface area contributed by atoms with Gasteiger partial charge in [0, 0.05) is 98.9 Å². The van der Waals surface area contributed by atoms with Crippen LogP contribution in [0.2, 0.25) is 0 Å². The second-order valence-electron chi connectivity index (χ2n) is 10.5. The number of rotatable bonds is 7. The number of aliphatic imine (C=N–C) groups is 1. The van der Waals surface area contributed by atoms with Crippen LogP contribution in [0.3, 0.4) is 0 Å². The molecule has 1 N–H and O–H groups in total. The molecule has 39 heavy (non-hydrogen) atoms. The summed E-state index contributed by atoms with van der Waals surface area (Å²) < 4.78 is 9.02. The van der Waals surface area contributed by atoms with Gasteiger partial charge in [0.05, 0.1) is 24.0 Å². The number of ether oxygens (including phenoxy) is 1. The van der Waals surface area contributed by atoms with E-state index in [0.717, 1.165) is 77.9 Å². The number of nitrogens with zero attached hydrogens (tertiary/aromatic N) is 7. The van der Waals surface area contributed by atoms with Crippen molar-refractivity contribution in [1.82, 2.24) is 29.7 Å². The van der Waals surface area contributed by atoms with Crippen LogP contribution in [0.25, 0.3) is 27.8 Å². The molecule has 0 radical (unpaired) electrons. The Morgan fingerprint density at radius 3 is 2.56 bits per heavy atom. The first-order valence-electron chi connectivity index (χ1n) is 13.5. The van der Waals surface area contributed by atoms with Gasteiger partial charge in [0.25, 0.3) is 0 Å². The fourth-order valence-corrected chi connectivity index (χ4v) is 5.63. The van der Waals surface area contributed by atoms with Crippen LogP contribution >= 0.6 is 0 Å². The van der Waals surface area contributed by atoms with Crippen LogP contribution < -0.4 is 10.2 Å². The number of aromatic nitrogens is 5. The number of amides is 1. The Hall–Kier alpha value is -4.05. The molecule has 0 atom stereocenters. The first-order chi connectivity index (χ1) is 19.0. The number of piperidine rings is 1. The maximum Gasteiger partial charge on any atom is 0.223 e. The largest absolute Gasteiger partial charge is 0.381 e. The molecule has 1 amide bonds. The van der Waals surface area contributed by atoms with Gasteiger partial charge in [-0.3, -0.25) is 14.5 Å². The summed E-state index contributed by atoms with van der Waals surface area (Å²) in [6.45, 7) is 1.63. The average molecular weight is 527 g/mol. The van der Waals surface area contributed by atoms with E-state index in [0.29, 0.717) is 6.10 Å². The van der Waals surface area contributed by atoms with Crippen LogP contribution in [0.4, 0.5) is 5.82 Å².